The van der Waals surface area contributed by atoms with Gasteiger partial charge in [0.25, 0.3) is 5.91 Å². The summed E-state index contributed by atoms with van der Waals surface area (Å²) in [4.78, 5) is 19.1. The van der Waals surface area contributed by atoms with Gasteiger partial charge in [-0.25, -0.2) is 4.39 Å². The van der Waals surface area contributed by atoms with Gasteiger partial charge in [0.1, 0.15) is 5.82 Å². The Morgan fingerprint density at radius 3 is 2.61 bits per heavy atom. The number of nitrogens with zero attached hydrogens (tertiary/aromatic N) is 3. The number of rotatable bonds is 7. The average Bonchev–Trinajstić information content (AvgIpc) is 3.17. The lowest BCUT2D eigenvalue weighted by atomic mass is 10.1. The van der Waals surface area contributed by atoms with Gasteiger partial charge in [-0.2, -0.15) is 4.98 Å². The fourth-order valence-electron chi connectivity index (χ4n) is 2.82. The van der Waals surface area contributed by atoms with E-state index in [9.17, 15) is 9.18 Å². The van der Waals surface area contributed by atoms with E-state index in [1.165, 1.54) is 12.1 Å². The van der Waals surface area contributed by atoms with Gasteiger partial charge in [-0.1, -0.05) is 35.8 Å². The van der Waals surface area contributed by atoms with Gasteiger partial charge in [-0.3, -0.25) is 4.79 Å². The van der Waals surface area contributed by atoms with E-state index in [1.54, 1.807) is 41.3 Å². The quantitative estimate of drug-likeness (QED) is 0.558. The molecule has 3 rings (SSSR count). The van der Waals surface area contributed by atoms with Crippen LogP contribution >= 0.6 is 11.6 Å². The standard InChI is InChI=1S/C21H21ClFN3O2/c1-3-14(2)26(21(27)17-6-4-5-7-18(17)22)13-12-19-24-20(25-28-19)15-8-10-16(23)11-9-15/h4-11,14H,3,12-13H2,1-2H3. The maximum Gasteiger partial charge on any atom is 0.255 e. The van der Waals surface area contributed by atoms with Crippen molar-refractivity contribution in [1.82, 2.24) is 15.0 Å². The molecule has 0 fully saturated rings. The fraction of sp³-hybridized carbons (Fsp3) is 0.286. The zero-order valence-electron chi connectivity index (χ0n) is 15.7. The predicted molar refractivity (Wildman–Crippen MR) is 106 cm³/mol. The Hall–Kier alpha value is -2.73. The van der Waals surface area contributed by atoms with E-state index in [2.05, 4.69) is 10.1 Å². The van der Waals surface area contributed by atoms with Crippen LogP contribution in [0.2, 0.25) is 5.02 Å². The fourth-order valence-corrected chi connectivity index (χ4v) is 3.04. The summed E-state index contributed by atoms with van der Waals surface area (Å²) < 4.78 is 18.4. The molecule has 1 unspecified atom stereocenters. The van der Waals surface area contributed by atoms with Crippen LogP contribution in [0.25, 0.3) is 11.4 Å². The first-order valence-corrected chi connectivity index (χ1v) is 9.51. The summed E-state index contributed by atoms with van der Waals surface area (Å²) in [6.07, 6.45) is 1.22. The first-order chi connectivity index (χ1) is 13.5. The van der Waals surface area contributed by atoms with E-state index in [1.807, 2.05) is 13.8 Å². The molecule has 0 N–H and O–H groups in total. The predicted octanol–water partition coefficient (Wildman–Crippen LogP) is 5.01. The second-order valence-corrected chi connectivity index (χ2v) is 6.91. The van der Waals surface area contributed by atoms with E-state index >= 15 is 0 Å². The molecule has 0 spiro atoms. The monoisotopic (exact) mass is 401 g/mol. The number of benzene rings is 2. The van der Waals surface area contributed by atoms with E-state index in [0.717, 1.165) is 6.42 Å². The smallest absolute Gasteiger partial charge is 0.255 e. The molecule has 5 nitrogen and oxygen atoms in total. The molecule has 146 valence electrons. The maximum absolute atomic E-state index is 13.1. The number of carbonyl (C=O) groups is 1. The summed E-state index contributed by atoms with van der Waals surface area (Å²) in [6, 6.07) is 12.9. The molecule has 0 saturated heterocycles. The molecule has 7 heteroatoms. The molecule has 1 aromatic heterocycles. The summed E-state index contributed by atoms with van der Waals surface area (Å²) >= 11 is 6.20. The van der Waals surface area contributed by atoms with Crippen molar-refractivity contribution in [3.05, 3.63) is 70.8 Å². The molecule has 0 aliphatic carbocycles. The third-order valence-electron chi connectivity index (χ3n) is 4.63. The highest BCUT2D eigenvalue weighted by atomic mass is 35.5. The van der Waals surface area contributed by atoms with Crippen molar-refractivity contribution in [1.29, 1.82) is 0 Å². The van der Waals surface area contributed by atoms with Crippen LogP contribution in [-0.4, -0.2) is 33.5 Å². The largest absolute Gasteiger partial charge is 0.339 e. The highest BCUT2D eigenvalue weighted by Crippen LogP contribution is 2.20. The van der Waals surface area contributed by atoms with Crippen molar-refractivity contribution in [2.45, 2.75) is 32.7 Å². The van der Waals surface area contributed by atoms with Crippen LogP contribution in [0.1, 0.15) is 36.5 Å². The Kier molecular flexibility index (Phi) is 6.41. The minimum absolute atomic E-state index is 0.0308. The summed E-state index contributed by atoms with van der Waals surface area (Å²) in [5.41, 5.74) is 1.14. The Morgan fingerprint density at radius 1 is 1.21 bits per heavy atom. The number of hydrogen-bond donors (Lipinski definition) is 0. The Balaban J connectivity index is 1.73. The molecule has 0 saturated carbocycles. The molecular formula is C21H21ClFN3O2. The van der Waals surface area contributed by atoms with E-state index in [4.69, 9.17) is 16.1 Å². The lowest BCUT2D eigenvalue weighted by Gasteiger charge is -2.28. The van der Waals surface area contributed by atoms with Crippen LogP contribution in [0.15, 0.2) is 53.1 Å². The zero-order chi connectivity index (χ0) is 20.1. The summed E-state index contributed by atoms with van der Waals surface area (Å²) in [5.74, 6) is 0.357. The molecule has 1 amide bonds. The SMILES string of the molecule is CCC(C)N(CCc1nc(-c2ccc(F)cc2)no1)C(=O)c1ccccc1Cl. The van der Waals surface area contributed by atoms with Crippen molar-refractivity contribution >= 4 is 17.5 Å². The second-order valence-electron chi connectivity index (χ2n) is 6.50. The number of carbonyl (C=O) groups excluding carboxylic acids is 1. The second kappa shape index (κ2) is 8.97. The highest BCUT2D eigenvalue weighted by Gasteiger charge is 2.23. The number of halogens is 2. The first-order valence-electron chi connectivity index (χ1n) is 9.13. The van der Waals surface area contributed by atoms with Gasteiger partial charge in [0.2, 0.25) is 11.7 Å². The summed E-state index contributed by atoms with van der Waals surface area (Å²) in [7, 11) is 0. The molecule has 0 bridgehead atoms. The molecular weight excluding hydrogens is 381 g/mol. The van der Waals surface area contributed by atoms with Crippen LogP contribution in [-0.2, 0) is 6.42 Å². The zero-order valence-corrected chi connectivity index (χ0v) is 16.5. The molecule has 1 atom stereocenters. The maximum atomic E-state index is 13.1. The van der Waals surface area contributed by atoms with Crippen molar-refractivity contribution < 1.29 is 13.7 Å². The Labute approximate surface area is 168 Å². The lowest BCUT2D eigenvalue weighted by Crippen LogP contribution is -2.40. The molecule has 0 aliphatic heterocycles. The molecule has 0 aliphatic rings. The van der Waals surface area contributed by atoms with Crippen LogP contribution in [0.5, 0.6) is 0 Å². The van der Waals surface area contributed by atoms with Crippen molar-refractivity contribution in [3.63, 3.8) is 0 Å². The average molecular weight is 402 g/mol. The number of hydrogen-bond acceptors (Lipinski definition) is 4. The van der Waals surface area contributed by atoms with E-state index < -0.39 is 0 Å². The van der Waals surface area contributed by atoms with Gasteiger partial charge in [0, 0.05) is 24.6 Å². The van der Waals surface area contributed by atoms with E-state index in [0.29, 0.717) is 40.8 Å². The third kappa shape index (κ3) is 4.57. The normalized spacial score (nSPS) is 12.0. The van der Waals surface area contributed by atoms with Crippen LogP contribution in [0.4, 0.5) is 4.39 Å². The van der Waals surface area contributed by atoms with Crippen LogP contribution in [0, 0.1) is 5.82 Å². The Bertz CT molecular complexity index is 943. The van der Waals surface area contributed by atoms with Gasteiger partial charge in [-0.05, 0) is 49.7 Å². The van der Waals surface area contributed by atoms with Gasteiger partial charge in [0.15, 0.2) is 0 Å². The summed E-state index contributed by atoms with van der Waals surface area (Å²) in [6.45, 7) is 4.44. The third-order valence-corrected chi connectivity index (χ3v) is 4.95. The van der Waals surface area contributed by atoms with Crippen molar-refractivity contribution in [2.75, 3.05) is 6.54 Å². The van der Waals surface area contributed by atoms with Gasteiger partial charge in [-0.15, -0.1) is 0 Å². The van der Waals surface area contributed by atoms with Gasteiger partial charge < -0.3 is 9.42 Å². The highest BCUT2D eigenvalue weighted by molar-refractivity contribution is 6.33. The molecule has 28 heavy (non-hydrogen) atoms. The number of amides is 1. The topological polar surface area (TPSA) is 59.2 Å². The summed E-state index contributed by atoms with van der Waals surface area (Å²) in [5, 5.41) is 4.37. The van der Waals surface area contributed by atoms with Gasteiger partial charge >= 0.3 is 0 Å². The molecule has 1 heterocycles. The van der Waals surface area contributed by atoms with E-state index in [-0.39, 0.29) is 17.8 Å². The molecule has 3 aromatic rings. The molecule has 0 radical (unpaired) electrons. The lowest BCUT2D eigenvalue weighted by molar-refractivity contribution is 0.0686. The van der Waals surface area contributed by atoms with Crippen LogP contribution in [0.3, 0.4) is 0 Å². The van der Waals surface area contributed by atoms with Crippen molar-refractivity contribution in [3.8, 4) is 11.4 Å². The first kappa shape index (κ1) is 20.0. The minimum Gasteiger partial charge on any atom is -0.339 e. The molecule has 2 aromatic carbocycles. The number of aromatic nitrogens is 2. The Morgan fingerprint density at radius 2 is 1.93 bits per heavy atom. The van der Waals surface area contributed by atoms with Gasteiger partial charge in [0.05, 0.1) is 10.6 Å². The van der Waals surface area contributed by atoms with Crippen molar-refractivity contribution in [2.24, 2.45) is 0 Å². The minimum atomic E-state index is -0.324. The van der Waals surface area contributed by atoms with Crippen LogP contribution < -0.4 is 0 Å².